The van der Waals surface area contributed by atoms with E-state index in [4.69, 9.17) is 5.11 Å². The van der Waals surface area contributed by atoms with E-state index < -0.39 is 18.3 Å². The summed E-state index contributed by atoms with van der Waals surface area (Å²) in [5.74, 6) is -0.252. The minimum atomic E-state index is -4.46. The Morgan fingerprint density at radius 2 is 2.08 bits per heavy atom. The summed E-state index contributed by atoms with van der Waals surface area (Å²) in [6.07, 6.45) is -1.22. The van der Waals surface area contributed by atoms with Gasteiger partial charge in [-0.05, 0) is 24.6 Å². The second-order valence-electron chi connectivity index (χ2n) is 5.84. The van der Waals surface area contributed by atoms with Crippen LogP contribution in [0.15, 0.2) is 30.6 Å². The summed E-state index contributed by atoms with van der Waals surface area (Å²) in [7, 11) is 0. The fourth-order valence-electron chi connectivity index (χ4n) is 2.78. The third kappa shape index (κ3) is 4.07. The summed E-state index contributed by atoms with van der Waals surface area (Å²) >= 11 is 0. The van der Waals surface area contributed by atoms with Gasteiger partial charge in [-0.1, -0.05) is 0 Å². The first kappa shape index (κ1) is 18.1. The van der Waals surface area contributed by atoms with E-state index >= 15 is 0 Å². The molecule has 1 aliphatic heterocycles. The molecule has 3 rings (SSSR count). The Bertz CT molecular complexity index is 799. The van der Waals surface area contributed by atoms with Crippen LogP contribution in [0.4, 0.5) is 24.9 Å². The van der Waals surface area contributed by atoms with Gasteiger partial charge in [0.05, 0.1) is 11.3 Å². The van der Waals surface area contributed by atoms with Crippen LogP contribution >= 0.6 is 0 Å². The first-order valence-electron chi connectivity index (χ1n) is 7.88. The number of aromatic nitrogens is 3. The molecular formula is C16H16F3N5O2. The molecule has 1 fully saturated rings. The number of halogens is 3. The third-order valence-electron chi connectivity index (χ3n) is 4.10. The summed E-state index contributed by atoms with van der Waals surface area (Å²) < 4.78 is 38.3. The highest BCUT2D eigenvalue weighted by atomic mass is 19.4. The number of nitrogens with zero attached hydrogens (tertiary/aromatic N) is 4. The van der Waals surface area contributed by atoms with Gasteiger partial charge in [0.25, 0.3) is 0 Å². The molecule has 2 aromatic heterocycles. The molecule has 2 aromatic rings. The number of hydrogen-bond acceptors (Lipinski definition) is 6. The molecule has 1 saturated heterocycles. The van der Waals surface area contributed by atoms with Crippen LogP contribution in [0.25, 0.3) is 0 Å². The van der Waals surface area contributed by atoms with Crippen LogP contribution < -0.4 is 5.32 Å². The Labute approximate surface area is 146 Å². The third-order valence-corrected chi connectivity index (χ3v) is 4.10. The van der Waals surface area contributed by atoms with Crippen molar-refractivity contribution in [3.63, 3.8) is 0 Å². The molecule has 0 bridgehead atoms. The zero-order valence-corrected chi connectivity index (χ0v) is 13.6. The standard InChI is InChI=1S/C16H16F3N5O2/c17-16(18,19)11-1-4-20-13(7-11)23-15-21-5-2-12(22-15)10-3-6-24(8-10)14(26)9-25/h1-2,4-5,7,10,25H,3,6,8-9H2,(H,20,21,22,23)/t10-/m1/s1. The molecule has 1 atom stereocenters. The van der Waals surface area contributed by atoms with Gasteiger partial charge in [-0.25, -0.2) is 15.0 Å². The highest BCUT2D eigenvalue weighted by Gasteiger charge is 2.31. The average Bonchev–Trinajstić information content (AvgIpc) is 3.11. The number of likely N-dealkylation sites (tertiary alicyclic amines) is 1. The van der Waals surface area contributed by atoms with E-state index in [0.717, 1.165) is 18.3 Å². The Morgan fingerprint density at radius 1 is 1.31 bits per heavy atom. The summed E-state index contributed by atoms with van der Waals surface area (Å²) in [5.41, 5.74) is -0.150. The predicted octanol–water partition coefficient (Wildman–Crippen LogP) is 1.94. The molecule has 3 heterocycles. The Hall–Kier alpha value is -2.75. The van der Waals surface area contributed by atoms with Gasteiger partial charge in [0.2, 0.25) is 11.9 Å². The summed E-state index contributed by atoms with van der Waals surface area (Å²) in [6, 6.07) is 3.46. The maximum absolute atomic E-state index is 12.8. The minimum Gasteiger partial charge on any atom is -0.387 e. The molecule has 0 radical (unpaired) electrons. The van der Waals surface area contributed by atoms with Crippen LogP contribution in [0.5, 0.6) is 0 Å². The van der Waals surface area contributed by atoms with Crippen LogP contribution in [0.2, 0.25) is 0 Å². The first-order valence-corrected chi connectivity index (χ1v) is 7.88. The molecule has 10 heteroatoms. The average molecular weight is 367 g/mol. The van der Waals surface area contributed by atoms with E-state index in [9.17, 15) is 18.0 Å². The Morgan fingerprint density at radius 3 is 2.81 bits per heavy atom. The molecule has 26 heavy (non-hydrogen) atoms. The van der Waals surface area contributed by atoms with Crippen molar-refractivity contribution in [1.29, 1.82) is 0 Å². The molecule has 138 valence electrons. The van der Waals surface area contributed by atoms with Gasteiger partial charge in [-0.3, -0.25) is 4.79 Å². The first-order chi connectivity index (χ1) is 12.4. The number of aliphatic hydroxyl groups excluding tert-OH is 1. The van der Waals surface area contributed by atoms with Crippen LogP contribution in [-0.2, 0) is 11.0 Å². The Kier molecular flexibility index (Phi) is 5.03. The number of alkyl halides is 3. The van der Waals surface area contributed by atoms with Crippen LogP contribution in [0.1, 0.15) is 23.6 Å². The van der Waals surface area contributed by atoms with Gasteiger partial charge in [0, 0.05) is 31.4 Å². The smallest absolute Gasteiger partial charge is 0.387 e. The number of nitrogens with one attached hydrogen (secondary N) is 1. The second kappa shape index (κ2) is 7.24. The fraction of sp³-hybridized carbons (Fsp3) is 0.375. The number of rotatable bonds is 4. The van der Waals surface area contributed by atoms with Crippen LogP contribution in [0.3, 0.4) is 0 Å². The molecule has 0 aliphatic carbocycles. The number of pyridine rings is 1. The molecule has 0 aromatic carbocycles. The van der Waals surface area contributed by atoms with E-state index in [2.05, 4.69) is 20.3 Å². The van der Waals surface area contributed by atoms with Gasteiger partial charge in [-0.15, -0.1) is 0 Å². The lowest BCUT2D eigenvalue weighted by atomic mass is 10.1. The molecule has 0 saturated carbocycles. The molecule has 0 unspecified atom stereocenters. The van der Waals surface area contributed by atoms with E-state index in [-0.39, 0.29) is 23.6 Å². The lowest BCUT2D eigenvalue weighted by Crippen LogP contribution is -2.30. The maximum atomic E-state index is 12.8. The number of anilines is 2. The van der Waals surface area contributed by atoms with Crippen LogP contribution in [0, 0.1) is 0 Å². The number of amides is 1. The van der Waals surface area contributed by atoms with Gasteiger partial charge < -0.3 is 15.3 Å². The van der Waals surface area contributed by atoms with Gasteiger partial charge >= 0.3 is 6.18 Å². The monoisotopic (exact) mass is 367 g/mol. The van der Waals surface area contributed by atoms with Crippen molar-refractivity contribution in [2.75, 3.05) is 25.0 Å². The molecule has 0 spiro atoms. The lowest BCUT2D eigenvalue weighted by Gasteiger charge is -2.15. The summed E-state index contributed by atoms with van der Waals surface area (Å²) in [5, 5.41) is 11.6. The van der Waals surface area contributed by atoms with Crippen LogP contribution in [-0.4, -0.2) is 50.6 Å². The SMILES string of the molecule is O=C(CO)N1CC[C@@H](c2ccnc(Nc3cc(C(F)(F)F)ccn3)n2)C1. The van der Waals surface area contributed by atoms with Gasteiger partial charge in [0.15, 0.2) is 0 Å². The largest absolute Gasteiger partial charge is 0.416 e. The second-order valence-corrected chi connectivity index (χ2v) is 5.84. The molecule has 1 aliphatic rings. The predicted molar refractivity (Wildman–Crippen MR) is 85.6 cm³/mol. The van der Waals surface area contributed by atoms with Crippen molar-refractivity contribution in [3.05, 3.63) is 41.9 Å². The van der Waals surface area contributed by atoms with Crippen molar-refractivity contribution in [3.8, 4) is 0 Å². The highest BCUT2D eigenvalue weighted by molar-refractivity contribution is 5.77. The lowest BCUT2D eigenvalue weighted by molar-refractivity contribution is -0.137. The van der Waals surface area contributed by atoms with E-state index in [1.54, 1.807) is 11.0 Å². The summed E-state index contributed by atoms with van der Waals surface area (Å²) in [4.78, 5) is 25.3. The van der Waals surface area contributed by atoms with E-state index in [0.29, 0.717) is 25.2 Å². The van der Waals surface area contributed by atoms with Gasteiger partial charge in [-0.2, -0.15) is 13.2 Å². The van der Waals surface area contributed by atoms with Crippen molar-refractivity contribution < 1.29 is 23.1 Å². The van der Waals surface area contributed by atoms with Crippen molar-refractivity contribution in [1.82, 2.24) is 19.9 Å². The molecular weight excluding hydrogens is 351 g/mol. The summed E-state index contributed by atoms with van der Waals surface area (Å²) in [6.45, 7) is 0.411. The number of carbonyl (C=O) groups is 1. The molecule has 7 nitrogen and oxygen atoms in total. The molecule has 1 amide bonds. The zero-order chi connectivity index (χ0) is 18.7. The number of carbonyl (C=O) groups excluding carboxylic acids is 1. The fourth-order valence-corrected chi connectivity index (χ4v) is 2.78. The van der Waals surface area contributed by atoms with E-state index in [1.807, 2.05) is 0 Å². The van der Waals surface area contributed by atoms with Crippen molar-refractivity contribution >= 4 is 17.7 Å². The normalized spacial score (nSPS) is 17.4. The zero-order valence-electron chi connectivity index (χ0n) is 13.6. The number of aliphatic hydroxyl groups is 1. The van der Waals surface area contributed by atoms with E-state index in [1.165, 1.54) is 6.20 Å². The highest BCUT2D eigenvalue weighted by Crippen LogP contribution is 2.30. The maximum Gasteiger partial charge on any atom is 0.416 e. The quantitative estimate of drug-likeness (QED) is 0.858. The topological polar surface area (TPSA) is 91.2 Å². The number of hydrogen-bond donors (Lipinski definition) is 2. The van der Waals surface area contributed by atoms with Crippen molar-refractivity contribution in [2.45, 2.75) is 18.5 Å². The van der Waals surface area contributed by atoms with Crippen molar-refractivity contribution in [2.24, 2.45) is 0 Å². The van der Waals surface area contributed by atoms with Gasteiger partial charge in [0.1, 0.15) is 12.4 Å². The molecule has 2 N–H and O–H groups in total. The minimum absolute atomic E-state index is 0.0134. The Balaban J connectivity index is 1.74.